The van der Waals surface area contributed by atoms with Crippen molar-refractivity contribution in [1.82, 2.24) is 10.6 Å². The van der Waals surface area contributed by atoms with Gasteiger partial charge < -0.3 is 15.7 Å². The number of rotatable bonds is 9. The van der Waals surface area contributed by atoms with Crippen LogP contribution in [0.2, 0.25) is 0 Å². The summed E-state index contributed by atoms with van der Waals surface area (Å²) in [4.78, 5) is 23.1. The third-order valence-corrected chi connectivity index (χ3v) is 4.08. The Morgan fingerprint density at radius 3 is 2.40 bits per heavy atom. The molecule has 0 saturated heterocycles. The Morgan fingerprint density at radius 1 is 1.10 bits per heavy atom. The third-order valence-electron chi connectivity index (χ3n) is 4.08. The van der Waals surface area contributed by atoms with E-state index in [-0.39, 0.29) is 17.7 Å². The highest BCUT2D eigenvalue weighted by Crippen LogP contribution is 2.42. The lowest BCUT2D eigenvalue weighted by molar-refractivity contribution is -0.141. The van der Waals surface area contributed by atoms with Crippen LogP contribution in [0, 0.1) is 5.41 Å². The topological polar surface area (TPSA) is 78.4 Å². The van der Waals surface area contributed by atoms with Gasteiger partial charge in [-0.1, -0.05) is 26.2 Å². The van der Waals surface area contributed by atoms with Gasteiger partial charge in [-0.15, -0.1) is 0 Å². The van der Waals surface area contributed by atoms with Gasteiger partial charge in [0.2, 0.25) is 5.91 Å². The van der Waals surface area contributed by atoms with Gasteiger partial charge in [0.1, 0.15) is 0 Å². The molecule has 0 aromatic rings. The van der Waals surface area contributed by atoms with Crippen LogP contribution in [-0.2, 0) is 9.59 Å². The average molecular weight is 284 g/mol. The van der Waals surface area contributed by atoms with E-state index in [2.05, 4.69) is 17.6 Å². The minimum Gasteiger partial charge on any atom is -0.481 e. The number of carbonyl (C=O) groups is 2. The molecular formula is C15H28N2O3. The van der Waals surface area contributed by atoms with Gasteiger partial charge in [-0.3, -0.25) is 9.59 Å². The molecule has 1 saturated carbocycles. The number of amides is 1. The van der Waals surface area contributed by atoms with Gasteiger partial charge >= 0.3 is 5.97 Å². The summed E-state index contributed by atoms with van der Waals surface area (Å²) in [6, 6.07) is 0. The van der Waals surface area contributed by atoms with Crippen LogP contribution in [0.25, 0.3) is 0 Å². The van der Waals surface area contributed by atoms with Crippen molar-refractivity contribution in [3.05, 3.63) is 0 Å². The van der Waals surface area contributed by atoms with Crippen LogP contribution < -0.4 is 10.6 Å². The van der Waals surface area contributed by atoms with Crippen LogP contribution in [0.1, 0.15) is 58.3 Å². The Hall–Kier alpha value is -1.10. The molecule has 1 amide bonds. The van der Waals surface area contributed by atoms with Crippen molar-refractivity contribution in [2.75, 3.05) is 19.6 Å². The Morgan fingerprint density at radius 2 is 1.80 bits per heavy atom. The molecule has 1 rings (SSSR count). The predicted octanol–water partition coefficient (Wildman–Crippen LogP) is 1.92. The first kappa shape index (κ1) is 17.0. The Balaban J connectivity index is 2.36. The maximum absolute atomic E-state index is 12.0. The minimum atomic E-state index is -0.785. The van der Waals surface area contributed by atoms with Gasteiger partial charge in [-0.2, -0.15) is 0 Å². The Bertz CT molecular complexity index is 312. The van der Waals surface area contributed by atoms with Crippen LogP contribution in [0.3, 0.4) is 0 Å². The molecule has 1 aliphatic carbocycles. The SMILES string of the molecule is CCNCCCNC(=O)CC1(CC(=O)O)CCCCC1. The summed E-state index contributed by atoms with van der Waals surface area (Å²) in [6.45, 7) is 4.55. The first-order chi connectivity index (χ1) is 9.58. The van der Waals surface area contributed by atoms with E-state index >= 15 is 0 Å². The summed E-state index contributed by atoms with van der Waals surface area (Å²) in [6.07, 6.45) is 6.37. The van der Waals surface area contributed by atoms with E-state index in [9.17, 15) is 9.59 Å². The average Bonchev–Trinajstić information content (AvgIpc) is 2.38. The molecule has 5 nitrogen and oxygen atoms in total. The van der Waals surface area contributed by atoms with Crippen molar-refractivity contribution in [3.8, 4) is 0 Å². The molecule has 3 N–H and O–H groups in total. The molecule has 0 atom stereocenters. The Kier molecular flexibility index (Phi) is 7.59. The number of aliphatic carboxylic acids is 1. The second-order valence-corrected chi connectivity index (χ2v) is 5.87. The molecular weight excluding hydrogens is 256 g/mol. The second kappa shape index (κ2) is 8.95. The smallest absolute Gasteiger partial charge is 0.303 e. The standard InChI is InChI=1S/C15H28N2O3/c1-2-16-9-6-10-17-13(18)11-15(12-14(19)20)7-4-3-5-8-15/h16H,2-12H2,1H3,(H,17,18)(H,19,20). The number of nitrogens with one attached hydrogen (secondary N) is 2. The molecule has 0 spiro atoms. The zero-order valence-corrected chi connectivity index (χ0v) is 12.5. The number of hydrogen-bond acceptors (Lipinski definition) is 3. The van der Waals surface area contributed by atoms with Crippen LogP contribution >= 0.6 is 0 Å². The summed E-state index contributed by atoms with van der Waals surface area (Å²) < 4.78 is 0. The fourth-order valence-corrected chi connectivity index (χ4v) is 3.06. The monoisotopic (exact) mass is 284 g/mol. The molecule has 1 aliphatic rings. The fraction of sp³-hybridized carbons (Fsp3) is 0.867. The zero-order chi connectivity index (χ0) is 14.8. The molecule has 0 heterocycles. The molecule has 1 fully saturated rings. The van der Waals surface area contributed by atoms with Gasteiger partial charge in [0.15, 0.2) is 0 Å². The van der Waals surface area contributed by atoms with Crippen LogP contribution in [0.5, 0.6) is 0 Å². The highest BCUT2D eigenvalue weighted by molar-refractivity contribution is 5.78. The third kappa shape index (κ3) is 6.37. The van der Waals surface area contributed by atoms with Gasteiger partial charge in [0, 0.05) is 13.0 Å². The lowest BCUT2D eigenvalue weighted by atomic mass is 9.69. The van der Waals surface area contributed by atoms with E-state index in [0.29, 0.717) is 13.0 Å². The van der Waals surface area contributed by atoms with E-state index in [4.69, 9.17) is 5.11 Å². The molecule has 0 radical (unpaired) electrons. The molecule has 0 unspecified atom stereocenters. The molecule has 0 aromatic heterocycles. The maximum Gasteiger partial charge on any atom is 0.303 e. The number of hydrogen-bond donors (Lipinski definition) is 3. The summed E-state index contributed by atoms with van der Waals surface area (Å²) in [7, 11) is 0. The van der Waals surface area contributed by atoms with Crippen molar-refractivity contribution in [3.63, 3.8) is 0 Å². The van der Waals surface area contributed by atoms with Crippen LogP contribution in [0.15, 0.2) is 0 Å². The molecule has 0 aliphatic heterocycles. The summed E-state index contributed by atoms with van der Waals surface area (Å²) >= 11 is 0. The lowest BCUT2D eigenvalue weighted by Crippen LogP contribution is -2.36. The van der Waals surface area contributed by atoms with Crippen molar-refractivity contribution >= 4 is 11.9 Å². The summed E-state index contributed by atoms with van der Waals surface area (Å²) in [5.74, 6) is -0.781. The first-order valence-corrected chi connectivity index (χ1v) is 7.77. The fourth-order valence-electron chi connectivity index (χ4n) is 3.06. The van der Waals surface area contributed by atoms with Crippen molar-refractivity contribution in [2.24, 2.45) is 5.41 Å². The normalized spacial score (nSPS) is 17.6. The van der Waals surface area contributed by atoms with E-state index in [0.717, 1.165) is 51.6 Å². The zero-order valence-electron chi connectivity index (χ0n) is 12.5. The second-order valence-electron chi connectivity index (χ2n) is 5.87. The number of carboxylic acids is 1. The summed E-state index contributed by atoms with van der Waals surface area (Å²) in [5.41, 5.74) is -0.310. The number of carbonyl (C=O) groups excluding carboxylic acids is 1. The van der Waals surface area contributed by atoms with Gasteiger partial charge in [-0.05, 0) is 37.8 Å². The van der Waals surface area contributed by atoms with Crippen molar-refractivity contribution in [2.45, 2.75) is 58.3 Å². The van der Waals surface area contributed by atoms with Crippen molar-refractivity contribution in [1.29, 1.82) is 0 Å². The van der Waals surface area contributed by atoms with Gasteiger partial charge in [0.25, 0.3) is 0 Å². The van der Waals surface area contributed by atoms with Gasteiger partial charge in [-0.25, -0.2) is 0 Å². The highest BCUT2D eigenvalue weighted by Gasteiger charge is 2.36. The molecule has 0 aromatic carbocycles. The minimum absolute atomic E-state index is 0.00430. The van der Waals surface area contributed by atoms with Gasteiger partial charge in [0.05, 0.1) is 6.42 Å². The van der Waals surface area contributed by atoms with E-state index in [1.165, 1.54) is 0 Å². The first-order valence-electron chi connectivity index (χ1n) is 7.77. The molecule has 116 valence electrons. The van der Waals surface area contributed by atoms with E-state index in [1.807, 2.05) is 0 Å². The lowest BCUT2D eigenvalue weighted by Gasteiger charge is -2.35. The van der Waals surface area contributed by atoms with Crippen molar-refractivity contribution < 1.29 is 14.7 Å². The molecule has 20 heavy (non-hydrogen) atoms. The molecule has 5 heteroatoms. The summed E-state index contributed by atoms with van der Waals surface area (Å²) in [5, 5.41) is 15.2. The quantitative estimate of drug-likeness (QED) is 0.565. The predicted molar refractivity (Wildman–Crippen MR) is 78.6 cm³/mol. The van der Waals surface area contributed by atoms with E-state index in [1.54, 1.807) is 0 Å². The largest absolute Gasteiger partial charge is 0.481 e. The Labute approximate surface area is 121 Å². The van der Waals surface area contributed by atoms with Crippen LogP contribution in [0.4, 0.5) is 0 Å². The highest BCUT2D eigenvalue weighted by atomic mass is 16.4. The maximum atomic E-state index is 12.0. The molecule has 0 bridgehead atoms. The van der Waals surface area contributed by atoms with E-state index < -0.39 is 5.97 Å². The van der Waals surface area contributed by atoms with Crippen LogP contribution in [-0.4, -0.2) is 36.6 Å². The number of carboxylic acid groups (broad SMARTS) is 1.